The second-order valence-electron chi connectivity index (χ2n) is 5.55. The van der Waals surface area contributed by atoms with E-state index < -0.39 is 13.0 Å². The van der Waals surface area contributed by atoms with Crippen molar-refractivity contribution in [3.63, 3.8) is 0 Å². The minimum absolute atomic E-state index is 0.0777. The van der Waals surface area contributed by atoms with Crippen LogP contribution in [0.2, 0.25) is 0 Å². The molecule has 1 aromatic rings. The first kappa shape index (κ1) is 16.5. The van der Waals surface area contributed by atoms with Crippen LogP contribution in [0.5, 0.6) is 5.75 Å². The number of nitrogens with zero attached hydrogens (tertiary/aromatic N) is 1. The highest BCUT2D eigenvalue weighted by molar-refractivity contribution is 5.74. The summed E-state index contributed by atoms with van der Waals surface area (Å²) in [7, 11) is 0. The largest absolute Gasteiger partial charge is 0.488 e. The van der Waals surface area contributed by atoms with E-state index in [1.165, 1.54) is 0 Å². The highest BCUT2D eigenvalue weighted by Crippen LogP contribution is 2.17. The van der Waals surface area contributed by atoms with Crippen molar-refractivity contribution in [2.75, 3.05) is 13.2 Å². The van der Waals surface area contributed by atoms with Crippen LogP contribution in [0.25, 0.3) is 0 Å². The number of rotatable bonds is 5. The maximum absolute atomic E-state index is 12.2. The summed E-state index contributed by atoms with van der Waals surface area (Å²) in [4.78, 5) is 14.0. The lowest BCUT2D eigenvalue weighted by molar-refractivity contribution is 0.0818. The van der Waals surface area contributed by atoms with Gasteiger partial charge in [0.1, 0.15) is 12.4 Å². The number of hydrogen-bond acceptors (Lipinski definition) is 2. The Hall–Kier alpha value is -1.85. The van der Waals surface area contributed by atoms with Gasteiger partial charge in [0.05, 0.1) is 0 Å². The normalized spacial score (nSPS) is 18.4. The van der Waals surface area contributed by atoms with Gasteiger partial charge in [-0.25, -0.2) is 13.6 Å². The fourth-order valence-electron chi connectivity index (χ4n) is 2.58. The quantitative estimate of drug-likeness (QED) is 0.905. The molecule has 0 aliphatic carbocycles. The molecule has 0 aromatic heterocycles. The second-order valence-corrected chi connectivity index (χ2v) is 5.55. The Balaban J connectivity index is 1.85. The second kappa shape index (κ2) is 7.96. The monoisotopic (exact) mass is 312 g/mol. The van der Waals surface area contributed by atoms with E-state index in [1.54, 1.807) is 18.2 Å². The Morgan fingerprint density at radius 3 is 3.00 bits per heavy atom. The minimum Gasteiger partial charge on any atom is -0.488 e. The average molecular weight is 312 g/mol. The number of benzene rings is 1. The number of carbonyl (C=O) groups excluding carboxylic acids is 1. The van der Waals surface area contributed by atoms with Gasteiger partial charge in [-0.3, -0.25) is 0 Å². The van der Waals surface area contributed by atoms with Gasteiger partial charge in [-0.1, -0.05) is 12.1 Å². The summed E-state index contributed by atoms with van der Waals surface area (Å²) in [6.45, 7) is 2.57. The van der Waals surface area contributed by atoms with Gasteiger partial charge in [-0.05, 0) is 43.9 Å². The Kier molecular flexibility index (Phi) is 5.98. The van der Waals surface area contributed by atoms with Crippen LogP contribution < -0.4 is 10.1 Å². The van der Waals surface area contributed by atoms with Crippen molar-refractivity contribution < 1.29 is 18.3 Å². The number of carbonyl (C=O) groups is 1. The van der Waals surface area contributed by atoms with Gasteiger partial charge in [0, 0.05) is 19.1 Å². The van der Waals surface area contributed by atoms with Crippen molar-refractivity contribution in [1.82, 2.24) is 10.2 Å². The van der Waals surface area contributed by atoms with Crippen molar-refractivity contribution in [3.8, 4) is 5.75 Å². The maximum atomic E-state index is 12.2. The van der Waals surface area contributed by atoms with Gasteiger partial charge in [0.15, 0.2) is 0 Å². The number of halogens is 2. The third kappa shape index (κ3) is 4.86. The molecule has 1 aliphatic heterocycles. The van der Waals surface area contributed by atoms with E-state index in [9.17, 15) is 13.6 Å². The first-order chi connectivity index (χ1) is 10.6. The Bertz CT molecular complexity index is 497. The Morgan fingerprint density at radius 2 is 2.27 bits per heavy atom. The van der Waals surface area contributed by atoms with E-state index in [-0.39, 0.29) is 12.1 Å². The van der Waals surface area contributed by atoms with E-state index in [4.69, 9.17) is 4.74 Å². The van der Waals surface area contributed by atoms with E-state index in [1.807, 2.05) is 11.0 Å². The molecule has 1 aliphatic rings. The zero-order valence-electron chi connectivity index (χ0n) is 12.7. The molecule has 0 bridgehead atoms. The molecule has 1 saturated heterocycles. The molecule has 1 aromatic carbocycles. The lowest BCUT2D eigenvalue weighted by atomic mass is 10.0. The fourth-order valence-corrected chi connectivity index (χ4v) is 2.58. The molecule has 4 nitrogen and oxygen atoms in total. The number of nitrogens with one attached hydrogen (secondary N) is 1. The minimum atomic E-state index is -2.50. The molecule has 1 fully saturated rings. The van der Waals surface area contributed by atoms with Gasteiger partial charge >= 0.3 is 6.03 Å². The lowest BCUT2D eigenvalue weighted by Crippen LogP contribution is -2.47. The molecule has 1 N–H and O–H groups in total. The van der Waals surface area contributed by atoms with Gasteiger partial charge in [-0.2, -0.15) is 0 Å². The van der Waals surface area contributed by atoms with Crippen molar-refractivity contribution in [3.05, 3.63) is 29.8 Å². The van der Waals surface area contributed by atoms with Crippen LogP contribution >= 0.6 is 0 Å². The lowest BCUT2D eigenvalue weighted by Gasteiger charge is -2.33. The molecule has 2 amide bonds. The Labute approximate surface area is 129 Å². The number of ether oxygens (including phenoxy) is 1. The number of likely N-dealkylation sites (tertiary alicyclic amines) is 1. The van der Waals surface area contributed by atoms with E-state index in [0.29, 0.717) is 12.3 Å². The molecule has 122 valence electrons. The molecule has 1 unspecified atom stereocenters. The van der Waals surface area contributed by atoms with Crippen LogP contribution in [0.3, 0.4) is 0 Å². The molecular formula is C16H22F2N2O2. The zero-order valence-corrected chi connectivity index (χ0v) is 12.7. The maximum Gasteiger partial charge on any atom is 0.317 e. The van der Waals surface area contributed by atoms with E-state index >= 15 is 0 Å². The first-order valence-corrected chi connectivity index (χ1v) is 7.60. The van der Waals surface area contributed by atoms with Crippen molar-refractivity contribution >= 4 is 6.03 Å². The van der Waals surface area contributed by atoms with Gasteiger partial charge < -0.3 is 15.0 Å². The highest BCUT2D eigenvalue weighted by atomic mass is 19.3. The van der Waals surface area contributed by atoms with Crippen LogP contribution in [0, 0.1) is 0 Å². The van der Waals surface area contributed by atoms with Crippen molar-refractivity contribution in [2.24, 2.45) is 0 Å². The summed E-state index contributed by atoms with van der Waals surface area (Å²) in [5, 5.41) is 2.87. The van der Waals surface area contributed by atoms with Gasteiger partial charge in [0.2, 0.25) is 0 Å². The van der Waals surface area contributed by atoms with E-state index in [2.05, 4.69) is 12.2 Å². The summed E-state index contributed by atoms with van der Waals surface area (Å²) in [6, 6.07) is 7.03. The first-order valence-electron chi connectivity index (χ1n) is 7.60. The van der Waals surface area contributed by atoms with Crippen LogP contribution in [-0.4, -0.2) is 36.5 Å². The summed E-state index contributed by atoms with van der Waals surface area (Å²) in [5.41, 5.74) is 0.824. The summed E-state index contributed by atoms with van der Waals surface area (Å²) in [6.07, 6.45) is 0.733. The molecule has 1 atom stereocenters. The molecule has 2 rings (SSSR count). The van der Waals surface area contributed by atoms with Crippen LogP contribution in [0.4, 0.5) is 13.6 Å². The van der Waals surface area contributed by atoms with Crippen LogP contribution in [0.15, 0.2) is 24.3 Å². The average Bonchev–Trinajstić information content (AvgIpc) is 2.51. The Morgan fingerprint density at radius 1 is 1.45 bits per heavy atom. The fraction of sp³-hybridized carbons (Fsp3) is 0.562. The smallest absolute Gasteiger partial charge is 0.317 e. The highest BCUT2D eigenvalue weighted by Gasteiger charge is 2.22. The number of alkyl halides is 2. The van der Waals surface area contributed by atoms with Crippen LogP contribution in [0.1, 0.15) is 31.7 Å². The standard InChI is InChI=1S/C16H22F2N2O2/c1-12-5-2-3-8-20(12)16(21)19-10-13-6-4-7-14(9-13)22-11-15(17)18/h4,6-7,9,12,15H,2-3,5,8,10-11H2,1H3,(H,19,21). The van der Waals surface area contributed by atoms with Crippen molar-refractivity contribution in [2.45, 2.75) is 45.2 Å². The SMILES string of the molecule is CC1CCCCN1C(=O)NCc1cccc(OCC(F)F)c1. The van der Waals surface area contributed by atoms with Gasteiger partial charge in [0.25, 0.3) is 6.43 Å². The third-order valence-corrected chi connectivity index (χ3v) is 3.78. The number of amides is 2. The zero-order chi connectivity index (χ0) is 15.9. The molecule has 22 heavy (non-hydrogen) atoms. The molecule has 6 heteroatoms. The summed E-state index contributed by atoms with van der Waals surface area (Å²) < 4.78 is 29.2. The van der Waals surface area contributed by atoms with E-state index in [0.717, 1.165) is 31.4 Å². The third-order valence-electron chi connectivity index (χ3n) is 3.78. The topological polar surface area (TPSA) is 41.6 Å². The molecule has 0 saturated carbocycles. The van der Waals surface area contributed by atoms with Crippen molar-refractivity contribution in [1.29, 1.82) is 0 Å². The number of piperidine rings is 1. The molecule has 1 heterocycles. The number of urea groups is 1. The van der Waals surface area contributed by atoms with Gasteiger partial charge in [-0.15, -0.1) is 0 Å². The summed E-state index contributed by atoms with van der Waals surface area (Å²) >= 11 is 0. The van der Waals surface area contributed by atoms with Crippen LogP contribution in [-0.2, 0) is 6.54 Å². The molecule has 0 spiro atoms. The molecule has 0 radical (unpaired) electrons. The summed E-state index contributed by atoms with van der Waals surface area (Å²) in [5.74, 6) is 0.387. The predicted molar refractivity (Wildman–Crippen MR) is 80.2 cm³/mol. The molecular weight excluding hydrogens is 290 g/mol. The number of hydrogen-bond donors (Lipinski definition) is 1. The predicted octanol–water partition coefficient (Wildman–Crippen LogP) is 3.41.